The molecule has 27 heavy (non-hydrogen) atoms. The number of benzene rings is 2. The highest BCUT2D eigenvalue weighted by Gasteiger charge is 2.54. The van der Waals surface area contributed by atoms with E-state index in [1.807, 2.05) is 6.07 Å². The Morgan fingerprint density at radius 3 is 2.67 bits per heavy atom. The number of aryl methyl sites for hydroxylation is 2. The van der Waals surface area contributed by atoms with Gasteiger partial charge in [0.1, 0.15) is 0 Å². The van der Waals surface area contributed by atoms with E-state index < -0.39 is 5.97 Å². The smallest absolute Gasteiger partial charge is 0.0736 e. The minimum Gasteiger partial charge on any atom is -0.545 e. The van der Waals surface area contributed by atoms with Crippen LogP contribution in [0.15, 0.2) is 30.3 Å². The number of carbonyl (C=O) groups excluding carboxylic acids is 1. The Bertz CT molecular complexity index is 954. The molecule has 140 valence electrons. The van der Waals surface area contributed by atoms with Crippen LogP contribution in [-0.2, 0) is 0 Å². The number of carbonyl (C=O) groups is 1. The first-order valence-electron chi connectivity index (χ1n) is 9.82. The van der Waals surface area contributed by atoms with E-state index in [4.69, 9.17) is 11.6 Å². The summed E-state index contributed by atoms with van der Waals surface area (Å²) in [5.41, 5.74) is 5.78. The van der Waals surface area contributed by atoms with Crippen molar-refractivity contribution < 1.29 is 9.90 Å². The van der Waals surface area contributed by atoms with Crippen molar-refractivity contribution >= 4 is 23.3 Å². The zero-order chi connectivity index (χ0) is 18.9. The van der Waals surface area contributed by atoms with Crippen molar-refractivity contribution in [1.82, 2.24) is 0 Å². The molecule has 1 N–H and O–H groups in total. The van der Waals surface area contributed by atoms with Crippen molar-refractivity contribution in [2.45, 2.75) is 45.1 Å². The second kappa shape index (κ2) is 6.00. The molecule has 0 aromatic heterocycles. The van der Waals surface area contributed by atoms with E-state index in [0.717, 1.165) is 11.3 Å². The predicted octanol–water partition coefficient (Wildman–Crippen LogP) is 4.62. The molecule has 2 aromatic carbocycles. The van der Waals surface area contributed by atoms with Gasteiger partial charge in [-0.1, -0.05) is 35.4 Å². The second-order valence-electron chi connectivity index (χ2n) is 8.62. The van der Waals surface area contributed by atoms with Gasteiger partial charge in [-0.2, -0.15) is 0 Å². The average Bonchev–Trinajstić information content (AvgIpc) is 3.25. The van der Waals surface area contributed by atoms with Crippen molar-refractivity contribution in [3.63, 3.8) is 0 Å². The van der Waals surface area contributed by atoms with E-state index in [1.54, 1.807) is 0 Å². The van der Waals surface area contributed by atoms with Crippen LogP contribution >= 0.6 is 11.6 Å². The molecule has 0 amide bonds. The van der Waals surface area contributed by atoms with Crippen LogP contribution in [0.4, 0.5) is 5.69 Å². The van der Waals surface area contributed by atoms with Crippen LogP contribution in [0.3, 0.4) is 0 Å². The fourth-order valence-corrected chi connectivity index (χ4v) is 6.35. The van der Waals surface area contributed by atoms with Crippen LogP contribution in [0.25, 0.3) is 0 Å². The molecule has 2 saturated carbocycles. The summed E-state index contributed by atoms with van der Waals surface area (Å²) in [4.78, 5) is 11.8. The van der Waals surface area contributed by atoms with E-state index >= 15 is 0 Å². The van der Waals surface area contributed by atoms with Crippen LogP contribution < -0.4 is 10.4 Å². The molecule has 4 heteroatoms. The van der Waals surface area contributed by atoms with Gasteiger partial charge in [0, 0.05) is 16.3 Å². The molecule has 1 aliphatic heterocycles. The second-order valence-corrected chi connectivity index (χ2v) is 9.06. The minimum atomic E-state index is -1.16. The number of fused-ring (bicyclic) bond motifs is 7. The Kier molecular flexibility index (Phi) is 3.80. The molecule has 3 aliphatic rings. The lowest BCUT2D eigenvalue weighted by molar-refractivity contribution is -0.254. The van der Waals surface area contributed by atoms with Crippen molar-refractivity contribution in [1.29, 1.82) is 0 Å². The average molecular weight is 381 g/mol. The summed E-state index contributed by atoms with van der Waals surface area (Å²) in [5.74, 6) is 1.02. The van der Waals surface area contributed by atoms with Gasteiger partial charge in [0.05, 0.1) is 12.0 Å². The summed E-state index contributed by atoms with van der Waals surface area (Å²) < 4.78 is 0. The third-order valence-corrected chi connectivity index (χ3v) is 7.37. The summed E-state index contributed by atoms with van der Waals surface area (Å²) in [6.45, 7) is 4.26. The number of carboxylic acid groups (broad SMARTS) is 1. The maximum Gasteiger partial charge on any atom is 0.0736 e. The standard InChI is InChI=1S/C23H24ClNO2/c1-11-3-4-12(2)16(7-11)22-20-14-6-5-13(8-14)19(20)17-9-15(24)10-18(23(26)27)21(17)25-22/h3-4,7,9-10,13-14,19-20,22,25H,5-6,8H2,1-2H3,(H,26,27)/p-1/t13-,14-,19+,20+,22+/m0/s1. The lowest BCUT2D eigenvalue weighted by Crippen LogP contribution is -2.37. The van der Waals surface area contributed by atoms with Crippen molar-refractivity contribution in [3.8, 4) is 0 Å². The largest absolute Gasteiger partial charge is 0.545 e. The van der Waals surface area contributed by atoms with E-state index in [2.05, 4.69) is 37.4 Å². The quantitative estimate of drug-likeness (QED) is 0.827. The van der Waals surface area contributed by atoms with Crippen LogP contribution in [-0.4, -0.2) is 5.97 Å². The fraction of sp³-hybridized carbons (Fsp3) is 0.435. The van der Waals surface area contributed by atoms with Crippen LogP contribution in [0.1, 0.15) is 63.8 Å². The van der Waals surface area contributed by atoms with E-state index in [-0.39, 0.29) is 11.6 Å². The number of halogens is 1. The maximum absolute atomic E-state index is 11.8. The molecule has 3 nitrogen and oxygen atoms in total. The number of hydrogen-bond donors (Lipinski definition) is 1. The highest BCUT2D eigenvalue weighted by Crippen LogP contribution is 2.64. The highest BCUT2D eigenvalue weighted by atomic mass is 35.5. The molecule has 2 bridgehead atoms. The molecule has 0 radical (unpaired) electrons. The van der Waals surface area contributed by atoms with E-state index in [1.165, 1.54) is 42.0 Å². The minimum absolute atomic E-state index is 0.136. The summed E-state index contributed by atoms with van der Waals surface area (Å²) in [7, 11) is 0. The Morgan fingerprint density at radius 2 is 1.89 bits per heavy atom. The molecular formula is C23H23ClNO2-. The Labute approximate surface area is 164 Å². The normalized spacial score (nSPS) is 30.6. The molecule has 5 atom stereocenters. The Balaban J connectivity index is 1.72. The number of aromatic carboxylic acids is 1. The third kappa shape index (κ3) is 2.51. The number of rotatable bonds is 2. The molecule has 2 aromatic rings. The third-order valence-electron chi connectivity index (χ3n) is 7.15. The summed E-state index contributed by atoms with van der Waals surface area (Å²) in [6, 6.07) is 10.2. The molecule has 5 rings (SSSR count). The van der Waals surface area contributed by atoms with Crippen LogP contribution in [0.5, 0.6) is 0 Å². The molecule has 2 aliphatic carbocycles. The number of anilines is 1. The van der Waals surface area contributed by atoms with Gasteiger partial charge >= 0.3 is 0 Å². The summed E-state index contributed by atoms with van der Waals surface area (Å²) in [6.07, 6.45) is 3.75. The number of nitrogens with one attached hydrogen (secondary N) is 1. The highest BCUT2D eigenvalue weighted by molar-refractivity contribution is 6.31. The molecule has 2 fully saturated rings. The zero-order valence-electron chi connectivity index (χ0n) is 15.6. The molecule has 0 spiro atoms. The first-order valence-corrected chi connectivity index (χ1v) is 10.2. The summed E-state index contributed by atoms with van der Waals surface area (Å²) >= 11 is 6.30. The van der Waals surface area contributed by atoms with E-state index in [0.29, 0.717) is 28.7 Å². The fourth-order valence-electron chi connectivity index (χ4n) is 6.12. The number of hydrogen-bond acceptors (Lipinski definition) is 3. The zero-order valence-corrected chi connectivity index (χ0v) is 16.3. The van der Waals surface area contributed by atoms with Gasteiger partial charge in [-0.3, -0.25) is 0 Å². The first kappa shape index (κ1) is 17.1. The first-order chi connectivity index (χ1) is 12.9. The predicted molar refractivity (Wildman–Crippen MR) is 105 cm³/mol. The Morgan fingerprint density at radius 1 is 1.11 bits per heavy atom. The lowest BCUT2D eigenvalue weighted by atomic mass is 9.67. The van der Waals surface area contributed by atoms with E-state index in [9.17, 15) is 9.90 Å². The van der Waals surface area contributed by atoms with Gasteiger partial charge in [-0.15, -0.1) is 0 Å². The Hall–Kier alpha value is -2.00. The van der Waals surface area contributed by atoms with Gasteiger partial charge in [-0.05, 0) is 85.6 Å². The van der Waals surface area contributed by atoms with Gasteiger partial charge in [0.25, 0.3) is 0 Å². The van der Waals surface area contributed by atoms with Gasteiger partial charge in [0.15, 0.2) is 0 Å². The molecule has 1 heterocycles. The van der Waals surface area contributed by atoms with Gasteiger partial charge in [-0.25, -0.2) is 0 Å². The molecule has 0 saturated heterocycles. The number of carboxylic acids is 1. The van der Waals surface area contributed by atoms with Crippen molar-refractivity contribution in [2.75, 3.05) is 5.32 Å². The molecule has 0 unspecified atom stereocenters. The van der Waals surface area contributed by atoms with Gasteiger partial charge in [0.2, 0.25) is 0 Å². The monoisotopic (exact) mass is 380 g/mol. The van der Waals surface area contributed by atoms with Crippen molar-refractivity contribution in [2.24, 2.45) is 17.8 Å². The summed E-state index contributed by atoms with van der Waals surface area (Å²) in [5, 5.41) is 16.0. The maximum atomic E-state index is 11.8. The lowest BCUT2D eigenvalue weighted by Gasteiger charge is -2.44. The van der Waals surface area contributed by atoms with Crippen LogP contribution in [0, 0.1) is 31.6 Å². The SMILES string of the molecule is Cc1ccc(C)c([C@H]2Nc3c(C(=O)[O-])cc(Cl)cc3[C@H]3[C@H]4CC[C@@H](C4)[C@H]32)c1. The van der Waals surface area contributed by atoms with Crippen LogP contribution in [0.2, 0.25) is 5.02 Å². The van der Waals surface area contributed by atoms with Crippen molar-refractivity contribution in [3.05, 3.63) is 63.2 Å². The topological polar surface area (TPSA) is 52.2 Å². The van der Waals surface area contributed by atoms with Gasteiger partial charge < -0.3 is 15.2 Å². The molecular weight excluding hydrogens is 358 g/mol.